The number of para-hydroxylation sites is 2. The van der Waals surface area contributed by atoms with Gasteiger partial charge < -0.3 is 24.1 Å². The number of amides is 2. The molecule has 0 bridgehead atoms. The summed E-state index contributed by atoms with van der Waals surface area (Å²) < 4.78 is 17.6. The summed E-state index contributed by atoms with van der Waals surface area (Å²) in [4.78, 5) is 60.1. The molecule has 2 heterocycles. The molecule has 10 nitrogen and oxygen atoms in total. The Kier molecular flexibility index (Phi) is 13.8. The quantitative estimate of drug-likeness (QED) is 0.111. The minimum absolute atomic E-state index is 0.0187. The van der Waals surface area contributed by atoms with Crippen molar-refractivity contribution in [1.82, 2.24) is 15.2 Å². The summed E-state index contributed by atoms with van der Waals surface area (Å²) in [6.07, 6.45) is 9.09. The van der Waals surface area contributed by atoms with Gasteiger partial charge in [-0.25, -0.2) is 9.78 Å². The van der Waals surface area contributed by atoms with E-state index in [1.54, 1.807) is 37.8 Å². The third-order valence-corrected chi connectivity index (χ3v) is 9.92. The van der Waals surface area contributed by atoms with Crippen LogP contribution in [0, 0.1) is 11.8 Å². The molecule has 5 rings (SSSR count). The zero-order valence-corrected chi connectivity index (χ0v) is 30.6. The highest BCUT2D eigenvalue weighted by atomic mass is 16.6. The van der Waals surface area contributed by atoms with E-state index in [-0.39, 0.29) is 35.9 Å². The van der Waals surface area contributed by atoms with Gasteiger partial charge in [0.15, 0.2) is 11.4 Å². The second-order valence-corrected chi connectivity index (χ2v) is 15.2. The number of likely N-dealkylation sites (tertiary alicyclic amines) is 1. The maximum absolute atomic E-state index is 14.2. The van der Waals surface area contributed by atoms with Crippen LogP contribution in [-0.2, 0) is 25.5 Å². The van der Waals surface area contributed by atoms with Gasteiger partial charge in [0.1, 0.15) is 11.1 Å². The monoisotopic (exact) mass is 701 g/mol. The average molecular weight is 702 g/mol. The number of ether oxygens (including phenoxy) is 2. The second kappa shape index (κ2) is 18.4. The molecule has 2 fully saturated rings. The van der Waals surface area contributed by atoms with Gasteiger partial charge >= 0.3 is 6.09 Å². The van der Waals surface area contributed by atoms with E-state index < -0.39 is 23.7 Å². The van der Waals surface area contributed by atoms with Crippen LogP contribution in [0.2, 0.25) is 0 Å². The van der Waals surface area contributed by atoms with E-state index >= 15 is 0 Å². The Morgan fingerprint density at radius 3 is 2.45 bits per heavy atom. The van der Waals surface area contributed by atoms with E-state index in [9.17, 15) is 19.2 Å². The third-order valence-electron chi connectivity index (χ3n) is 9.92. The number of Topliss-reactive ketones (excluding diaryl/α,β-unsaturated/α-hetero) is 2. The van der Waals surface area contributed by atoms with E-state index in [0.717, 1.165) is 19.3 Å². The summed E-state index contributed by atoms with van der Waals surface area (Å²) in [6.45, 7) is 6.83. The molecule has 0 unspecified atom stereocenters. The van der Waals surface area contributed by atoms with Crippen molar-refractivity contribution in [3.05, 3.63) is 66.1 Å². The maximum Gasteiger partial charge on any atom is 0.407 e. The Hall–Kier alpha value is -4.05. The molecule has 3 aromatic rings. The second-order valence-electron chi connectivity index (χ2n) is 15.2. The van der Waals surface area contributed by atoms with Crippen LogP contribution in [0.1, 0.15) is 114 Å². The van der Waals surface area contributed by atoms with E-state index in [1.807, 2.05) is 30.3 Å². The highest BCUT2D eigenvalue weighted by Crippen LogP contribution is 2.30. The number of carbonyl (C=O) groups is 4. The van der Waals surface area contributed by atoms with Crippen LogP contribution >= 0.6 is 0 Å². The molecule has 0 radical (unpaired) electrons. The first kappa shape index (κ1) is 38.2. The lowest BCUT2D eigenvalue weighted by atomic mass is 9.89. The van der Waals surface area contributed by atoms with Crippen molar-refractivity contribution in [1.29, 1.82) is 0 Å². The highest BCUT2D eigenvalue weighted by Gasteiger charge is 2.41. The smallest absolute Gasteiger partial charge is 0.407 e. The van der Waals surface area contributed by atoms with Crippen LogP contribution in [-0.4, -0.2) is 70.9 Å². The zero-order valence-electron chi connectivity index (χ0n) is 30.6. The molecule has 2 aromatic carbocycles. The number of benzene rings is 2. The normalized spacial score (nSPS) is 18.8. The first-order valence-corrected chi connectivity index (χ1v) is 18.9. The number of fused-ring (bicyclic) bond motifs is 1. The SMILES string of the molecule is CC(C)(C)OC(=O)NCCCC[C@H](CC(=O)[C@@H]1C[C@@H](OCC2CCCCC2)CN1C(=O)CCCc1ccccc1)C(=O)c1nc2ccccc2o1. The van der Waals surface area contributed by atoms with Crippen molar-refractivity contribution >= 4 is 34.7 Å². The molecule has 0 spiro atoms. The van der Waals surface area contributed by atoms with Gasteiger partial charge in [0, 0.05) is 44.9 Å². The van der Waals surface area contributed by atoms with Crippen molar-refractivity contribution in [2.45, 2.75) is 122 Å². The number of alkyl carbamates (subject to hydrolysis) is 1. The van der Waals surface area contributed by atoms with Crippen LogP contribution in [0.5, 0.6) is 0 Å². The Morgan fingerprint density at radius 2 is 1.71 bits per heavy atom. The van der Waals surface area contributed by atoms with Crippen molar-refractivity contribution in [2.75, 3.05) is 19.7 Å². The molecule has 276 valence electrons. The average Bonchev–Trinajstić information content (AvgIpc) is 3.75. The fourth-order valence-electron chi connectivity index (χ4n) is 7.23. The summed E-state index contributed by atoms with van der Waals surface area (Å²) in [6, 6.07) is 16.6. The molecule has 1 aliphatic heterocycles. The number of ketones is 2. The molecular formula is C41H55N3O7. The number of nitrogens with one attached hydrogen (secondary N) is 1. The third kappa shape index (κ3) is 11.7. The Morgan fingerprint density at radius 1 is 0.961 bits per heavy atom. The molecule has 2 aliphatic rings. The molecule has 51 heavy (non-hydrogen) atoms. The van der Waals surface area contributed by atoms with E-state index in [0.29, 0.717) is 75.2 Å². The predicted molar refractivity (Wildman–Crippen MR) is 195 cm³/mol. The van der Waals surface area contributed by atoms with Gasteiger partial charge in [-0.1, -0.05) is 68.1 Å². The topological polar surface area (TPSA) is 128 Å². The van der Waals surface area contributed by atoms with Gasteiger partial charge in [-0.3, -0.25) is 14.4 Å². The molecular weight excluding hydrogens is 646 g/mol. The molecule has 1 aromatic heterocycles. The number of hydrogen-bond acceptors (Lipinski definition) is 8. The van der Waals surface area contributed by atoms with Gasteiger partial charge in [0.2, 0.25) is 11.7 Å². The Bertz CT molecular complexity index is 1560. The minimum Gasteiger partial charge on any atom is -0.444 e. The van der Waals surface area contributed by atoms with Crippen LogP contribution in [0.4, 0.5) is 4.79 Å². The first-order chi connectivity index (χ1) is 24.6. The lowest BCUT2D eigenvalue weighted by molar-refractivity contribution is -0.138. The van der Waals surface area contributed by atoms with Crippen molar-refractivity contribution in [2.24, 2.45) is 11.8 Å². The number of carbonyl (C=O) groups excluding carboxylic acids is 4. The summed E-state index contributed by atoms with van der Waals surface area (Å²) in [5.41, 5.74) is 1.66. The van der Waals surface area contributed by atoms with Crippen LogP contribution in [0.15, 0.2) is 59.0 Å². The fourth-order valence-corrected chi connectivity index (χ4v) is 7.23. The number of aromatic nitrogens is 1. The summed E-state index contributed by atoms with van der Waals surface area (Å²) in [5, 5.41) is 2.76. The minimum atomic E-state index is -0.690. The molecule has 1 saturated heterocycles. The van der Waals surface area contributed by atoms with Crippen molar-refractivity contribution in [3.8, 4) is 0 Å². The molecule has 1 N–H and O–H groups in total. The lowest BCUT2D eigenvalue weighted by Gasteiger charge is -2.25. The number of aryl methyl sites for hydroxylation is 1. The van der Waals surface area contributed by atoms with Crippen LogP contribution < -0.4 is 5.32 Å². The van der Waals surface area contributed by atoms with E-state index in [4.69, 9.17) is 13.9 Å². The summed E-state index contributed by atoms with van der Waals surface area (Å²) >= 11 is 0. The molecule has 10 heteroatoms. The van der Waals surface area contributed by atoms with Crippen LogP contribution in [0.3, 0.4) is 0 Å². The van der Waals surface area contributed by atoms with E-state index in [2.05, 4.69) is 22.4 Å². The summed E-state index contributed by atoms with van der Waals surface area (Å²) in [5.74, 6) is -0.714. The fraction of sp³-hybridized carbons (Fsp3) is 0.585. The predicted octanol–water partition coefficient (Wildman–Crippen LogP) is 7.87. The molecule has 1 saturated carbocycles. The molecule has 2 amide bonds. The number of unbranched alkanes of at least 4 members (excludes halogenated alkanes) is 1. The number of hydrogen-bond donors (Lipinski definition) is 1. The zero-order chi connectivity index (χ0) is 36.2. The van der Waals surface area contributed by atoms with Gasteiger partial charge in [-0.05, 0) is 82.9 Å². The standard InChI is InChI=1S/C41H55N3O7/c1-41(2,3)51-40(48)42-24-13-12-20-31(38(47)39-43-33-21-10-11-22-36(33)50-39)25-35(45)34-26-32(49-28-30-17-8-5-9-18-30)27-44(34)37(46)23-14-19-29-15-6-4-7-16-29/h4,6-7,10-11,15-16,21-22,30-32,34H,5,8-9,12-14,17-20,23-28H2,1-3H3,(H,42,48)/t31-,32-,34+/m1/s1. The molecule has 1 aliphatic carbocycles. The van der Waals surface area contributed by atoms with Crippen molar-refractivity contribution < 1.29 is 33.1 Å². The summed E-state index contributed by atoms with van der Waals surface area (Å²) in [7, 11) is 0. The maximum atomic E-state index is 14.2. The van der Waals surface area contributed by atoms with Gasteiger partial charge in [-0.2, -0.15) is 0 Å². The van der Waals surface area contributed by atoms with Gasteiger partial charge in [0.25, 0.3) is 5.89 Å². The highest BCUT2D eigenvalue weighted by molar-refractivity contribution is 5.99. The van der Waals surface area contributed by atoms with E-state index in [1.165, 1.54) is 24.8 Å². The Labute approximate surface area is 302 Å². The lowest BCUT2D eigenvalue weighted by Crippen LogP contribution is -2.41. The first-order valence-electron chi connectivity index (χ1n) is 18.9. The number of rotatable bonds is 17. The van der Waals surface area contributed by atoms with Gasteiger partial charge in [-0.15, -0.1) is 0 Å². The Balaban J connectivity index is 1.25. The molecule has 3 atom stereocenters. The van der Waals surface area contributed by atoms with Gasteiger partial charge in [0.05, 0.1) is 12.1 Å². The number of nitrogens with zero attached hydrogens (tertiary/aromatic N) is 2. The van der Waals surface area contributed by atoms with Crippen LogP contribution in [0.25, 0.3) is 11.1 Å². The van der Waals surface area contributed by atoms with Crippen molar-refractivity contribution in [3.63, 3.8) is 0 Å². The largest absolute Gasteiger partial charge is 0.444 e. The number of oxazole rings is 1.